The van der Waals surface area contributed by atoms with E-state index in [1.807, 2.05) is 6.07 Å². The third kappa shape index (κ3) is 3.26. The van der Waals surface area contributed by atoms with Crippen molar-refractivity contribution in [3.8, 4) is 11.1 Å². The van der Waals surface area contributed by atoms with Gasteiger partial charge in [-0.3, -0.25) is 0 Å². The summed E-state index contributed by atoms with van der Waals surface area (Å²) >= 11 is 1.70. The first-order valence-corrected chi connectivity index (χ1v) is 10.7. The fourth-order valence-corrected chi connectivity index (χ4v) is 4.42. The summed E-state index contributed by atoms with van der Waals surface area (Å²) in [5.74, 6) is 3.44. The number of anilines is 1. The van der Waals surface area contributed by atoms with Crippen molar-refractivity contribution in [2.24, 2.45) is 0 Å². The molecule has 0 unspecified atom stereocenters. The predicted octanol–water partition coefficient (Wildman–Crippen LogP) is 4.50. The molecule has 0 spiro atoms. The van der Waals surface area contributed by atoms with Crippen LogP contribution in [0, 0.1) is 0 Å². The Morgan fingerprint density at radius 1 is 1.18 bits per heavy atom. The molecule has 1 fully saturated rings. The molecule has 1 saturated carbocycles. The topological polar surface area (TPSA) is 68.5 Å². The quantitative estimate of drug-likeness (QED) is 0.503. The maximum absolute atomic E-state index is 4.92. The van der Waals surface area contributed by atoms with E-state index in [1.54, 1.807) is 17.7 Å². The second-order valence-corrected chi connectivity index (χ2v) is 7.97. The number of thiophene rings is 1. The summed E-state index contributed by atoms with van der Waals surface area (Å²) in [7, 11) is 0. The fourth-order valence-electron chi connectivity index (χ4n) is 3.47. The monoisotopic (exact) mass is 390 g/mol. The maximum Gasteiger partial charge on any atom is 0.139 e. The van der Waals surface area contributed by atoms with Gasteiger partial charge in [-0.05, 0) is 25.3 Å². The van der Waals surface area contributed by atoms with Crippen molar-refractivity contribution in [1.29, 1.82) is 0 Å². The number of hydrogen-bond acceptors (Lipinski definition) is 6. The van der Waals surface area contributed by atoms with Crippen molar-refractivity contribution in [2.45, 2.75) is 38.6 Å². The van der Waals surface area contributed by atoms with Crippen molar-refractivity contribution in [3.05, 3.63) is 53.7 Å². The molecular weight excluding hydrogens is 368 g/mol. The standard InChI is InChI=1S/C21H22N6S/c1-2-27-13-23-26-17(27)10-11-22-20-18-16(14-6-4-3-5-7-14)12-28-21(18)25-19(24-20)15-8-9-15/h3-7,12-13,15H,2,8-11H2,1H3,(H,22,24,25). The number of nitrogens with one attached hydrogen (secondary N) is 1. The Labute approximate surface area is 167 Å². The van der Waals surface area contributed by atoms with Gasteiger partial charge in [0.25, 0.3) is 0 Å². The van der Waals surface area contributed by atoms with Crippen molar-refractivity contribution in [1.82, 2.24) is 24.7 Å². The Kier molecular flexibility index (Phi) is 4.52. The lowest BCUT2D eigenvalue weighted by Gasteiger charge is -2.11. The van der Waals surface area contributed by atoms with Crippen molar-refractivity contribution in [3.63, 3.8) is 0 Å². The second-order valence-electron chi connectivity index (χ2n) is 7.11. The Hall–Kier alpha value is -2.80. The molecule has 5 rings (SSSR count). The number of benzene rings is 1. The second kappa shape index (κ2) is 7.31. The molecule has 4 aromatic rings. The van der Waals surface area contributed by atoms with Crippen LogP contribution in [0.4, 0.5) is 5.82 Å². The summed E-state index contributed by atoms with van der Waals surface area (Å²) in [4.78, 5) is 10.9. The van der Waals surface area contributed by atoms with E-state index in [9.17, 15) is 0 Å². The van der Waals surface area contributed by atoms with Crippen molar-refractivity contribution in [2.75, 3.05) is 11.9 Å². The first-order valence-electron chi connectivity index (χ1n) is 9.78. The highest BCUT2D eigenvalue weighted by molar-refractivity contribution is 7.17. The van der Waals surface area contributed by atoms with E-state index >= 15 is 0 Å². The normalized spacial score (nSPS) is 13.9. The van der Waals surface area contributed by atoms with E-state index in [2.05, 4.69) is 56.7 Å². The first-order chi connectivity index (χ1) is 13.8. The number of aromatic nitrogens is 5. The molecule has 1 aliphatic carbocycles. The first kappa shape index (κ1) is 17.3. The van der Waals surface area contributed by atoms with Gasteiger partial charge >= 0.3 is 0 Å². The fraction of sp³-hybridized carbons (Fsp3) is 0.333. The molecule has 3 aromatic heterocycles. The zero-order chi connectivity index (χ0) is 18.9. The summed E-state index contributed by atoms with van der Waals surface area (Å²) in [5.41, 5.74) is 2.40. The predicted molar refractivity (Wildman–Crippen MR) is 113 cm³/mol. The van der Waals surface area contributed by atoms with Crippen LogP contribution in [0.2, 0.25) is 0 Å². The van der Waals surface area contributed by atoms with Gasteiger partial charge in [-0.25, -0.2) is 9.97 Å². The highest BCUT2D eigenvalue weighted by atomic mass is 32.1. The van der Waals surface area contributed by atoms with Crippen LogP contribution in [0.25, 0.3) is 21.3 Å². The maximum atomic E-state index is 4.92. The Morgan fingerprint density at radius 3 is 2.82 bits per heavy atom. The zero-order valence-electron chi connectivity index (χ0n) is 15.8. The van der Waals surface area contributed by atoms with Gasteiger partial charge in [-0.1, -0.05) is 30.3 Å². The van der Waals surface area contributed by atoms with Crippen LogP contribution in [-0.2, 0) is 13.0 Å². The minimum Gasteiger partial charge on any atom is -0.369 e. The minimum absolute atomic E-state index is 0.524. The molecule has 1 N–H and O–H groups in total. The molecule has 28 heavy (non-hydrogen) atoms. The van der Waals surface area contributed by atoms with E-state index in [0.717, 1.165) is 47.2 Å². The van der Waals surface area contributed by atoms with Gasteiger partial charge in [0.05, 0.1) is 5.39 Å². The highest BCUT2D eigenvalue weighted by Crippen LogP contribution is 2.42. The van der Waals surface area contributed by atoms with Crippen LogP contribution in [0.3, 0.4) is 0 Å². The molecule has 1 aliphatic rings. The van der Waals surface area contributed by atoms with Crippen LogP contribution in [0.1, 0.15) is 37.3 Å². The number of fused-ring (bicyclic) bond motifs is 1. The van der Waals surface area contributed by atoms with Crippen LogP contribution < -0.4 is 5.32 Å². The molecule has 0 bridgehead atoms. The van der Waals surface area contributed by atoms with E-state index in [4.69, 9.17) is 9.97 Å². The largest absolute Gasteiger partial charge is 0.369 e. The lowest BCUT2D eigenvalue weighted by Crippen LogP contribution is -2.11. The van der Waals surface area contributed by atoms with Gasteiger partial charge < -0.3 is 9.88 Å². The molecule has 7 heteroatoms. The zero-order valence-corrected chi connectivity index (χ0v) is 16.6. The highest BCUT2D eigenvalue weighted by Gasteiger charge is 2.28. The van der Waals surface area contributed by atoms with Gasteiger partial charge in [0.1, 0.15) is 28.6 Å². The van der Waals surface area contributed by atoms with E-state index < -0.39 is 0 Å². The molecule has 0 atom stereocenters. The van der Waals surface area contributed by atoms with Gasteiger partial charge in [0.2, 0.25) is 0 Å². The van der Waals surface area contributed by atoms with Crippen LogP contribution in [0.5, 0.6) is 0 Å². The van der Waals surface area contributed by atoms with Crippen LogP contribution in [0.15, 0.2) is 42.0 Å². The molecule has 0 saturated heterocycles. The molecule has 0 aliphatic heterocycles. The lowest BCUT2D eigenvalue weighted by molar-refractivity contribution is 0.697. The minimum atomic E-state index is 0.524. The summed E-state index contributed by atoms with van der Waals surface area (Å²) in [6, 6.07) is 10.5. The van der Waals surface area contributed by atoms with Crippen LogP contribution >= 0.6 is 11.3 Å². The Balaban J connectivity index is 1.49. The lowest BCUT2D eigenvalue weighted by atomic mass is 10.1. The summed E-state index contributed by atoms with van der Waals surface area (Å²) in [5, 5.41) is 15.1. The third-order valence-corrected chi connectivity index (χ3v) is 6.03. The molecule has 1 aromatic carbocycles. The molecular formula is C21H22N6S. The number of rotatable bonds is 7. The molecule has 3 heterocycles. The van der Waals surface area contributed by atoms with Gasteiger partial charge in [0.15, 0.2) is 0 Å². The number of aryl methyl sites for hydroxylation is 1. The smallest absolute Gasteiger partial charge is 0.139 e. The van der Waals surface area contributed by atoms with Crippen LogP contribution in [-0.4, -0.2) is 31.3 Å². The van der Waals surface area contributed by atoms with E-state index in [0.29, 0.717) is 5.92 Å². The van der Waals surface area contributed by atoms with Gasteiger partial charge in [-0.15, -0.1) is 21.5 Å². The third-order valence-electron chi connectivity index (χ3n) is 5.16. The molecule has 0 radical (unpaired) electrons. The Bertz CT molecular complexity index is 1100. The summed E-state index contributed by atoms with van der Waals surface area (Å²) in [6.07, 6.45) is 4.99. The SMILES string of the molecule is CCn1cnnc1CCNc1nc(C2CC2)nc2scc(-c3ccccc3)c12. The average molecular weight is 391 g/mol. The van der Waals surface area contributed by atoms with E-state index in [-0.39, 0.29) is 0 Å². The molecule has 0 amide bonds. The number of nitrogens with zero attached hydrogens (tertiary/aromatic N) is 5. The summed E-state index contributed by atoms with van der Waals surface area (Å²) in [6.45, 7) is 3.75. The Morgan fingerprint density at radius 2 is 2.04 bits per heavy atom. The molecule has 142 valence electrons. The average Bonchev–Trinajstić information content (AvgIpc) is 3.34. The van der Waals surface area contributed by atoms with Crippen molar-refractivity contribution >= 4 is 27.4 Å². The van der Waals surface area contributed by atoms with Crippen molar-refractivity contribution < 1.29 is 0 Å². The van der Waals surface area contributed by atoms with Gasteiger partial charge in [-0.2, -0.15) is 0 Å². The molecule has 6 nitrogen and oxygen atoms in total. The summed E-state index contributed by atoms with van der Waals surface area (Å²) < 4.78 is 2.08. The van der Waals surface area contributed by atoms with Gasteiger partial charge in [0, 0.05) is 36.4 Å². The number of hydrogen-bond donors (Lipinski definition) is 1. The van der Waals surface area contributed by atoms with E-state index in [1.165, 1.54) is 24.0 Å².